The number of carbonyl (C=O) groups is 4. The third kappa shape index (κ3) is 8.67. The third-order valence-electron chi connectivity index (χ3n) is 6.48. The summed E-state index contributed by atoms with van der Waals surface area (Å²) in [5.41, 5.74) is 4.61. The smallest absolute Gasteiger partial charge is 0.407 e. The monoisotopic (exact) mass is 567 g/mol. The molecule has 2 heterocycles. The van der Waals surface area contributed by atoms with Crippen molar-refractivity contribution < 1.29 is 29.0 Å². The van der Waals surface area contributed by atoms with Crippen LogP contribution in [0.1, 0.15) is 57.1 Å². The van der Waals surface area contributed by atoms with Gasteiger partial charge in [-0.2, -0.15) is 0 Å². The lowest BCUT2D eigenvalue weighted by Gasteiger charge is -2.33. The summed E-state index contributed by atoms with van der Waals surface area (Å²) in [5.74, 6) is -1.26. The van der Waals surface area contributed by atoms with Gasteiger partial charge >= 0.3 is 18.1 Å². The van der Waals surface area contributed by atoms with Crippen molar-refractivity contribution in [2.45, 2.75) is 67.0 Å². The molecule has 41 heavy (non-hydrogen) atoms. The summed E-state index contributed by atoms with van der Waals surface area (Å²) in [6.07, 6.45) is 0.0889. The first-order valence-electron chi connectivity index (χ1n) is 13.8. The minimum Gasteiger partial charge on any atom is -0.480 e. The lowest BCUT2D eigenvalue weighted by molar-refractivity contribution is -0.146. The fourth-order valence-corrected chi connectivity index (χ4v) is 4.61. The average molecular weight is 568 g/mol. The number of aliphatic carboxylic acids is 1. The molecular weight excluding hydrogens is 526 g/mol. The van der Waals surface area contributed by atoms with Gasteiger partial charge in [0.1, 0.15) is 18.7 Å². The summed E-state index contributed by atoms with van der Waals surface area (Å²) in [4.78, 5) is 57.1. The fourth-order valence-electron chi connectivity index (χ4n) is 4.61. The van der Waals surface area contributed by atoms with E-state index in [1.54, 1.807) is 20.8 Å². The molecule has 1 saturated heterocycles. The van der Waals surface area contributed by atoms with Crippen LogP contribution in [0.25, 0.3) is 11.1 Å². The summed E-state index contributed by atoms with van der Waals surface area (Å²) in [6.45, 7) is 13.2. The van der Waals surface area contributed by atoms with Gasteiger partial charge < -0.3 is 30.3 Å². The van der Waals surface area contributed by atoms with Crippen molar-refractivity contribution in [3.05, 3.63) is 46.8 Å². The highest BCUT2D eigenvalue weighted by molar-refractivity contribution is 5.98. The molecule has 0 spiro atoms. The van der Waals surface area contributed by atoms with Gasteiger partial charge in [0.25, 0.3) is 0 Å². The van der Waals surface area contributed by atoms with Gasteiger partial charge in [0.15, 0.2) is 0 Å². The minimum absolute atomic E-state index is 0.124. The first kappa shape index (κ1) is 31.4. The number of ether oxygens (including phenoxy) is 1. The van der Waals surface area contributed by atoms with Crippen LogP contribution in [-0.2, 0) is 27.3 Å². The molecule has 11 nitrogen and oxygen atoms in total. The van der Waals surface area contributed by atoms with Crippen molar-refractivity contribution in [2.24, 2.45) is 5.92 Å². The lowest BCUT2D eigenvalue weighted by Crippen LogP contribution is -2.54. The van der Waals surface area contributed by atoms with Crippen LogP contribution < -0.4 is 10.6 Å². The van der Waals surface area contributed by atoms with Crippen molar-refractivity contribution >= 4 is 29.7 Å². The molecular formula is C30H41N5O6. The van der Waals surface area contributed by atoms with Crippen LogP contribution >= 0.6 is 0 Å². The molecule has 1 aromatic carbocycles. The third-order valence-corrected chi connectivity index (χ3v) is 6.48. The molecule has 3 rings (SSSR count). The molecule has 0 saturated carbocycles. The number of amides is 4. The second kappa shape index (κ2) is 13.0. The normalized spacial score (nSPS) is 13.8. The Labute approximate surface area is 241 Å². The van der Waals surface area contributed by atoms with E-state index in [1.165, 1.54) is 9.80 Å². The molecule has 0 atom stereocenters. The molecule has 1 fully saturated rings. The van der Waals surface area contributed by atoms with E-state index in [-0.39, 0.29) is 32.1 Å². The van der Waals surface area contributed by atoms with Crippen LogP contribution in [0.3, 0.4) is 0 Å². The predicted octanol–water partition coefficient (Wildman–Crippen LogP) is 4.35. The Bertz CT molecular complexity index is 1300. The molecule has 222 valence electrons. The number of anilines is 1. The van der Waals surface area contributed by atoms with Crippen molar-refractivity contribution in [1.29, 1.82) is 0 Å². The van der Waals surface area contributed by atoms with Crippen molar-refractivity contribution in [3.63, 3.8) is 0 Å². The van der Waals surface area contributed by atoms with E-state index in [1.807, 2.05) is 38.1 Å². The highest BCUT2D eigenvalue weighted by Crippen LogP contribution is 2.36. The van der Waals surface area contributed by atoms with Gasteiger partial charge in [-0.25, -0.2) is 9.59 Å². The number of nitrogens with zero attached hydrogens (tertiary/aromatic N) is 3. The van der Waals surface area contributed by atoms with Gasteiger partial charge in [-0.1, -0.05) is 43.7 Å². The van der Waals surface area contributed by atoms with E-state index >= 15 is 0 Å². The van der Waals surface area contributed by atoms with E-state index in [0.717, 1.165) is 27.9 Å². The van der Waals surface area contributed by atoms with Crippen molar-refractivity contribution in [2.75, 3.05) is 31.5 Å². The SMILES string of the molecule is Cc1ccc(-c2c(CNC(=O)OC(C)(C)C)c(CC(C)C)nc(C)c2NC(=O)N2CCN(CC(=O)O)C(=O)C2)cc1. The summed E-state index contributed by atoms with van der Waals surface area (Å²) < 4.78 is 5.46. The maximum atomic E-state index is 13.4. The van der Waals surface area contributed by atoms with Crippen molar-refractivity contribution in [1.82, 2.24) is 20.1 Å². The summed E-state index contributed by atoms with van der Waals surface area (Å²) >= 11 is 0. The van der Waals surface area contributed by atoms with E-state index in [9.17, 15) is 19.2 Å². The maximum absolute atomic E-state index is 13.4. The van der Waals surface area contributed by atoms with E-state index in [4.69, 9.17) is 14.8 Å². The molecule has 0 bridgehead atoms. The van der Waals surface area contributed by atoms with E-state index in [2.05, 4.69) is 24.5 Å². The first-order valence-corrected chi connectivity index (χ1v) is 13.8. The quantitative estimate of drug-likeness (QED) is 0.431. The Morgan fingerprint density at radius 1 is 1.10 bits per heavy atom. The molecule has 0 radical (unpaired) electrons. The van der Waals surface area contributed by atoms with Gasteiger partial charge in [-0.05, 0) is 52.5 Å². The molecule has 2 aromatic rings. The Kier molecular flexibility index (Phi) is 9.96. The molecule has 4 amide bonds. The number of alkyl carbamates (subject to hydrolysis) is 1. The number of pyridine rings is 1. The van der Waals surface area contributed by atoms with Crippen LogP contribution in [0.2, 0.25) is 0 Å². The van der Waals surface area contributed by atoms with Crippen LogP contribution in [0, 0.1) is 19.8 Å². The number of carbonyl (C=O) groups excluding carboxylic acids is 3. The number of hydrogen-bond donors (Lipinski definition) is 3. The molecule has 1 aliphatic heterocycles. The fraction of sp³-hybridized carbons (Fsp3) is 0.500. The Hall–Kier alpha value is -4.15. The molecule has 0 unspecified atom stereocenters. The molecule has 3 N–H and O–H groups in total. The zero-order valence-corrected chi connectivity index (χ0v) is 25.0. The lowest BCUT2D eigenvalue weighted by atomic mass is 9.92. The molecule has 1 aromatic heterocycles. The zero-order valence-electron chi connectivity index (χ0n) is 25.0. The van der Waals surface area contributed by atoms with Gasteiger partial charge in [-0.3, -0.25) is 14.6 Å². The second-order valence-corrected chi connectivity index (χ2v) is 11.8. The zero-order chi connectivity index (χ0) is 30.5. The van der Waals surface area contributed by atoms with E-state index < -0.39 is 36.1 Å². The predicted molar refractivity (Wildman–Crippen MR) is 156 cm³/mol. The Morgan fingerprint density at radius 3 is 2.32 bits per heavy atom. The summed E-state index contributed by atoms with van der Waals surface area (Å²) in [5, 5.41) is 14.9. The number of aromatic nitrogens is 1. The minimum atomic E-state index is -1.10. The van der Waals surface area contributed by atoms with Gasteiger partial charge in [0.2, 0.25) is 5.91 Å². The number of nitrogens with one attached hydrogen (secondary N) is 2. The summed E-state index contributed by atoms with van der Waals surface area (Å²) in [7, 11) is 0. The van der Waals surface area contributed by atoms with Gasteiger partial charge in [-0.15, -0.1) is 0 Å². The van der Waals surface area contributed by atoms with Crippen LogP contribution in [-0.4, -0.2) is 75.7 Å². The number of urea groups is 1. The van der Waals surface area contributed by atoms with Crippen LogP contribution in [0.5, 0.6) is 0 Å². The number of aryl methyl sites for hydroxylation is 2. The number of carboxylic acids is 1. The van der Waals surface area contributed by atoms with Crippen molar-refractivity contribution in [3.8, 4) is 11.1 Å². The number of benzene rings is 1. The Morgan fingerprint density at radius 2 is 1.76 bits per heavy atom. The summed E-state index contributed by atoms with van der Waals surface area (Å²) in [6, 6.07) is 7.39. The number of hydrogen-bond acceptors (Lipinski definition) is 6. The van der Waals surface area contributed by atoms with Crippen LogP contribution in [0.4, 0.5) is 15.3 Å². The van der Waals surface area contributed by atoms with Gasteiger partial charge in [0.05, 0.1) is 11.4 Å². The van der Waals surface area contributed by atoms with Gasteiger partial charge in [0, 0.05) is 36.5 Å². The Balaban J connectivity index is 2.04. The number of rotatable bonds is 8. The number of piperazine rings is 1. The van der Waals surface area contributed by atoms with E-state index in [0.29, 0.717) is 17.8 Å². The first-order chi connectivity index (χ1) is 19.1. The molecule has 0 aliphatic carbocycles. The highest BCUT2D eigenvalue weighted by atomic mass is 16.6. The largest absolute Gasteiger partial charge is 0.480 e. The maximum Gasteiger partial charge on any atom is 0.407 e. The number of carboxylic acid groups (broad SMARTS) is 1. The highest BCUT2D eigenvalue weighted by Gasteiger charge is 2.30. The second-order valence-electron chi connectivity index (χ2n) is 11.8. The standard InChI is InChI=1S/C30H41N5O6/c1-18(2)14-23-22(15-31-29(40)41-30(5,6)7)26(21-10-8-19(3)9-11-21)27(20(4)32-23)33-28(39)35-13-12-34(17-25(37)38)24(36)16-35/h8-11,18H,12-17H2,1-7H3,(H,31,40)(H,33,39)(H,37,38). The topological polar surface area (TPSA) is 141 Å². The molecule has 1 aliphatic rings. The molecule has 11 heteroatoms. The average Bonchev–Trinajstić information content (AvgIpc) is 2.84. The van der Waals surface area contributed by atoms with Crippen LogP contribution in [0.15, 0.2) is 24.3 Å².